The Labute approximate surface area is 115 Å². The molecule has 0 aromatic heterocycles. The summed E-state index contributed by atoms with van der Waals surface area (Å²) in [7, 11) is 0. The van der Waals surface area contributed by atoms with Gasteiger partial charge >= 0.3 is 51.4 Å². The second-order valence-electron chi connectivity index (χ2n) is 2.82. The zero-order valence-corrected chi connectivity index (χ0v) is 11.3. The smallest absolute Gasteiger partial charge is 0.649 e. The van der Waals surface area contributed by atoms with Gasteiger partial charge in [0.2, 0.25) is 0 Å². The first-order chi connectivity index (χ1) is 4.79. The molecule has 0 amide bonds. The summed E-state index contributed by atoms with van der Waals surface area (Å²) in [6.45, 7) is 7.81. The molecule has 0 spiro atoms. The van der Waals surface area contributed by atoms with Crippen molar-refractivity contribution in [2.75, 3.05) is 0 Å². The van der Waals surface area contributed by atoms with Gasteiger partial charge in [0.25, 0.3) is 5.97 Å². The van der Waals surface area contributed by atoms with Gasteiger partial charge in [0.05, 0.1) is 5.60 Å². The molecule has 0 aromatic carbocycles. The molecule has 1 N–H and O–H groups in total. The zero-order valence-electron chi connectivity index (χ0n) is 8.17. The van der Waals surface area contributed by atoms with E-state index in [4.69, 9.17) is 9.90 Å². The Kier molecular flexibility index (Phi) is 14.8. The van der Waals surface area contributed by atoms with Gasteiger partial charge < -0.3 is 14.6 Å². The van der Waals surface area contributed by atoms with E-state index in [0.717, 1.165) is 6.92 Å². The number of aliphatic carboxylic acids is 1. The van der Waals surface area contributed by atoms with Crippen LogP contribution in [0.15, 0.2) is 0 Å². The van der Waals surface area contributed by atoms with E-state index in [0.29, 0.717) is 0 Å². The predicted octanol–water partition coefficient (Wildman–Crippen LogP) is -2.04. The molecule has 0 bridgehead atoms. The van der Waals surface area contributed by atoms with E-state index >= 15 is 0 Å². The second kappa shape index (κ2) is 9.66. The molecule has 5 heteroatoms. The van der Waals surface area contributed by atoms with Gasteiger partial charge in [-0.2, -0.15) is 0 Å². The van der Waals surface area contributed by atoms with Crippen molar-refractivity contribution in [2.45, 2.75) is 33.3 Å². The Balaban J connectivity index is -0.000000142. The number of carboxylic acid groups (broad SMARTS) is 1. The van der Waals surface area contributed by atoms with Crippen molar-refractivity contribution in [1.29, 1.82) is 0 Å². The maximum atomic E-state index is 9.47. The monoisotopic (exact) mass is 200 g/mol. The van der Waals surface area contributed by atoms with Gasteiger partial charge in [-0.25, -0.2) is 0 Å². The van der Waals surface area contributed by atoms with Crippen molar-refractivity contribution in [2.24, 2.45) is 0 Å². The fourth-order valence-electron chi connectivity index (χ4n) is 0.125. The van der Waals surface area contributed by atoms with E-state index in [9.17, 15) is 4.79 Å². The summed E-state index contributed by atoms with van der Waals surface area (Å²) >= 11 is 0. The van der Waals surface area contributed by atoms with Crippen molar-refractivity contribution in [3.05, 3.63) is 0 Å². The summed E-state index contributed by atoms with van der Waals surface area (Å²) in [5, 5.41) is 7.42. The zero-order chi connectivity index (χ0) is 9.49. The van der Waals surface area contributed by atoms with Gasteiger partial charge in [0.15, 0.2) is 0 Å². The molecule has 0 aliphatic rings. The fraction of sp³-hybridized carbons (Fsp3) is 0.714. The Morgan fingerprint density at radius 3 is 1.67 bits per heavy atom. The summed E-state index contributed by atoms with van der Waals surface area (Å²) in [4.78, 5) is 18.5. The third-order valence-electron chi connectivity index (χ3n) is 0.348. The van der Waals surface area contributed by atoms with E-state index in [2.05, 4.69) is 4.74 Å². The molecule has 12 heavy (non-hydrogen) atoms. The summed E-state index contributed by atoms with van der Waals surface area (Å²) in [5.74, 6) is -0.833. The Morgan fingerprint density at radius 1 is 1.42 bits per heavy atom. The Hall–Kier alpha value is 0.576. The maximum absolute atomic E-state index is 9.47. The first kappa shape index (κ1) is 18.4. The van der Waals surface area contributed by atoms with Crippen LogP contribution in [0.5, 0.6) is 0 Å². The first-order valence-electron chi connectivity index (χ1n) is 3.04. The van der Waals surface area contributed by atoms with Gasteiger partial charge in [-0.1, -0.05) is 6.47 Å². The van der Waals surface area contributed by atoms with E-state index in [1.165, 1.54) is 6.47 Å². The molecule has 0 aliphatic heterocycles. The summed E-state index contributed by atoms with van der Waals surface area (Å²) in [6.07, 6.45) is 0. The number of carboxylic acids is 1. The summed E-state index contributed by atoms with van der Waals surface area (Å²) in [6, 6.07) is 0. The minimum Gasteiger partial charge on any atom is -0.649 e. The number of carbonyl (C=O) groups excluding carboxylic acids is 1. The first-order valence-corrected chi connectivity index (χ1v) is 3.04. The molecule has 66 valence electrons. The van der Waals surface area contributed by atoms with Crippen molar-refractivity contribution in [1.82, 2.24) is 0 Å². The van der Waals surface area contributed by atoms with Crippen LogP contribution >= 0.6 is 0 Å². The van der Waals surface area contributed by atoms with Crippen LogP contribution in [0.1, 0.15) is 27.7 Å². The third-order valence-corrected chi connectivity index (χ3v) is 0.348. The average molecular weight is 200 g/mol. The Bertz CT molecular complexity index is 124. The van der Waals surface area contributed by atoms with Gasteiger partial charge in [-0.15, -0.1) is 0 Å². The minimum atomic E-state index is -0.833. The van der Waals surface area contributed by atoms with Crippen LogP contribution < -0.4 is 51.4 Å². The molecule has 0 fully saturated rings. The normalized spacial score (nSPS) is 8.33. The van der Waals surface area contributed by atoms with Crippen molar-refractivity contribution in [3.8, 4) is 0 Å². The molecular weight excluding hydrogens is 187 g/mol. The molecule has 0 saturated carbocycles. The van der Waals surface area contributed by atoms with Gasteiger partial charge in [0, 0.05) is 6.92 Å². The number of hydrogen-bond donors (Lipinski definition) is 1. The van der Waals surface area contributed by atoms with E-state index in [-0.39, 0.29) is 57.0 Å². The number of hydrogen-bond acceptors (Lipinski definition) is 3. The summed E-state index contributed by atoms with van der Waals surface area (Å²) < 4.78 is 4.42. The van der Waals surface area contributed by atoms with Gasteiger partial charge in [-0.05, 0) is 20.8 Å². The Morgan fingerprint density at radius 2 is 1.67 bits per heavy atom. The van der Waals surface area contributed by atoms with E-state index in [1.807, 2.05) is 0 Å². The van der Waals surface area contributed by atoms with Crippen LogP contribution in [0.2, 0.25) is 0 Å². The van der Waals surface area contributed by atoms with Crippen molar-refractivity contribution in [3.63, 3.8) is 0 Å². The molecule has 0 aromatic rings. The fourth-order valence-corrected chi connectivity index (χ4v) is 0.125. The molecule has 0 heterocycles. The molecule has 0 radical (unpaired) electrons. The third kappa shape index (κ3) is 46.3. The summed E-state index contributed by atoms with van der Waals surface area (Å²) in [5.41, 5.74) is -0.373. The van der Waals surface area contributed by atoms with Crippen molar-refractivity contribution >= 4 is 12.4 Å². The second-order valence-corrected chi connectivity index (χ2v) is 2.82. The van der Waals surface area contributed by atoms with Crippen LogP contribution in [0.25, 0.3) is 0 Å². The van der Waals surface area contributed by atoms with Crippen LogP contribution in [0, 0.1) is 0 Å². The van der Waals surface area contributed by atoms with Crippen LogP contribution in [0.4, 0.5) is 0 Å². The quantitative estimate of drug-likeness (QED) is 0.391. The number of ether oxygens (including phenoxy) is 1. The molecule has 0 atom stereocenters. The number of rotatable bonds is 1. The molecule has 4 nitrogen and oxygen atoms in total. The van der Waals surface area contributed by atoms with Gasteiger partial charge in [0.1, 0.15) is 0 Å². The van der Waals surface area contributed by atoms with Crippen LogP contribution in [0.3, 0.4) is 0 Å². The molecule has 0 saturated heterocycles. The molecule has 0 rings (SSSR count). The average Bonchev–Trinajstić information content (AvgIpc) is 1.58. The standard InChI is InChI=1S/C5H9O2.C2H4O2.K/c1-5(2,3)7-4-6;1-2(3)4;/h1-3H3;1H3,(H,3,4);/q-1;;+1. The van der Waals surface area contributed by atoms with Crippen LogP contribution in [-0.4, -0.2) is 23.1 Å². The predicted molar refractivity (Wildman–Crippen MR) is 39.8 cm³/mol. The number of carbonyl (C=O) groups is 1. The minimum absolute atomic E-state index is 0. The topological polar surface area (TPSA) is 63.6 Å². The largest absolute Gasteiger partial charge is 1.00 e. The van der Waals surface area contributed by atoms with Crippen LogP contribution in [-0.2, 0) is 14.3 Å². The SMILES string of the molecule is CC(=O)O.CC(C)(C)O[C-]=O.[K+]. The molecule has 0 aliphatic carbocycles. The van der Waals surface area contributed by atoms with Crippen molar-refractivity contribution < 1.29 is 70.8 Å². The maximum Gasteiger partial charge on any atom is 1.00 e. The van der Waals surface area contributed by atoms with E-state index < -0.39 is 5.97 Å². The molecular formula is C7H13KO4. The van der Waals surface area contributed by atoms with Gasteiger partial charge in [-0.3, -0.25) is 4.79 Å². The molecule has 0 unspecified atom stereocenters. The van der Waals surface area contributed by atoms with E-state index in [1.54, 1.807) is 20.8 Å².